The molecule has 84 valence electrons. The normalized spacial score (nSPS) is 10.3. The number of rotatable bonds is 7. The van der Waals surface area contributed by atoms with Gasteiger partial charge < -0.3 is 5.32 Å². The zero-order valence-electron chi connectivity index (χ0n) is 9.62. The highest BCUT2D eigenvalue weighted by atomic mass is 32.2. The van der Waals surface area contributed by atoms with Crippen molar-refractivity contribution in [3.63, 3.8) is 0 Å². The van der Waals surface area contributed by atoms with E-state index in [2.05, 4.69) is 36.3 Å². The molecule has 0 aromatic carbocycles. The molecule has 1 N–H and O–H groups in total. The van der Waals surface area contributed by atoms with E-state index in [-0.39, 0.29) is 0 Å². The molecule has 0 radical (unpaired) electrons. The van der Waals surface area contributed by atoms with Gasteiger partial charge in [0.25, 0.3) is 0 Å². The predicted octanol–water partition coefficient (Wildman–Crippen LogP) is 3.80. The summed E-state index contributed by atoms with van der Waals surface area (Å²) < 4.78 is 0. The van der Waals surface area contributed by atoms with Crippen LogP contribution in [0, 0.1) is 0 Å². The van der Waals surface area contributed by atoms with Crippen LogP contribution in [0.15, 0.2) is 23.2 Å². The van der Waals surface area contributed by atoms with Crippen molar-refractivity contribution < 1.29 is 0 Å². The molecule has 0 spiro atoms. The second-order valence-electron chi connectivity index (χ2n) is 3.46. The molecular weight excluding hydrogens is 204 g/mol. The molecule has 2 nitrogen and oxygen atoms in total. The molecule has 0 aliphatic carbocycles. The van der Waals surface area contributed by atoms with Gasteiger partial charge in [0.05, 0.1) is 0 Å². The molecule has 0 amide bonds. The minimum atomic E-state index is 0.928. The molecular formula is C12H20N2S. The Morgan fingerprint density at radius 2 is 2.20 bits per heavy atom. The molecule has 0 saturated heterocycles. The Hall–Kier alpha value is -0.700. The van der Waals surface area contributed by atoms with Crippen molar-refractivity contribution in [1.82, 2.24) is 4.98 Å². The Morgan fingerprint density at radius 1 is 1.33 bits per heavy atom. The van der Waals surface area contributed by atoms with Crippen LogP contribution in [-0.4, -0.2) is 17.3 Å². The maximum Gasteiger partial charge on any atom is 0.126 e. The van der Waals surface area contributed by atoms with Crippen molar-refractivity contribution in [1.29, 1.82) is 0 Å². The summed E-state index contributed by atoms with van der Waals surface area (Å²) in [5, 5.41) is 3.23. The average molecular weight is 224 g/mol. The highest BCUT2D eigenvalue weighted by Crippen LogP contribution is 2.21. The molecule has 1 aromatic heterocycles. The number of nitrogens with one attached hydrogen (secondary N) is 1. The number of anilines is 1. The first kappa shape index (κ1) is 12.4. The van der Waals surface area contributed by atoms with Crippen molar-refractivity contribution in [3.05, 3.63) is 18.3 Å². The number of thioether (sulfide) groups is 1. The third-order valence-corrected chi connectivity index (χ3v) is 3.19. The quantitative estimate of drug-likeness (QED) is 0.563. The first-order valence-corrected chi connectivity index (χ1v) is 6.68. The molecule has 0 bridgehead atoms. The van der Waals surface area contributed by atoms with E-state index in [0.29, 0.717) is 0 Å². The monoisotopic (exact) mass is 224 g/mol. The maximum absolute atomic E-state index is 4.25. The van der Waals surface area contributed by atoms with Crippen molar-refractivity contribution in [2.24, 2.45) is 0 Å². The van der Waals surface area contributed by atoms with E-state index in [4.69, 9.17) is 0 Å². The van der Waals surface area contributed by atoms with E-state index in [1.807, 2.05) is 18.0 Å². The Labute approximate surface area is 96.9 Å². The van der Waals surface area contributed by atoms with Crippen molar-refractivity contribution in [3.8, 4) is 0 Å². The van der Waals surface area contributed by atoms with Gasteiger partial charge in [-0.3, -0.25) is 0 Å². The number of aromatic nitrogens is 1. The largest absolute Gasteiger partial charge is 0.370 e. The molecule has 0 unspecified atom stereocenters. The Bertz CT molecular complexity index is 276. The number of unbranched alkanes of at least 4 members (excludes halogenated alkanes) is 2. The van der Waals surface area contributed by atoms with Crippen LogP contribution < -0.4 is 5.32 Å². The fourth-order valence-electron chi connectivity index (χ4n) is 1.32. The fourth-order valence-corrected chi connectivity index (χ4v) is 2.26. The standard InChI is InChI=1S/C12H20N2S/c1-3-5-6-9-15-11-7-8-14-12(10-11)13-4-2/h7-8,10H,3-6,9H2,1-2H3,(H,13,14). The zero-order chi connectivity index (χ0) is 10.9. The summed E-state index contributed by atoms with van der Waals surface area (Å²) >= 11 is 1.92. The van der Waals surface area contributed by atoms with Crippen LogP contribution in [0.1, 0.15) is 33.1 Å². The minimum absolute atomic E-state index is 0.928. The number of hydrogen-bond donors (Lipinski definition) is 1. The van der Waals surface area contributed by atoms with E-state index < -0.39 is 0 Å². The summed E-state index contributed by atoms with van der Waals surface area (Å²) in [6.45, 7) is 5.25. The summed E-state index contributed by atoms with van der Waals surface area (Å²) in [6, 6.07) is 4.21. The molecule has 0 aliphatic heterocycles. The van der Waals surface area contributed by atoms with Crippen molar-refractivity contribution in [2.45, 2.75) is 38.0 Å². The van der Waals surface area contributed by atoms with Crippen LogP contribution in [0.5, 0.6) is 0 Å². The minimum Gasteiger partial charge on any atom is -0.370 e. The lowest BCUT2D eigenvalue weighted by Crippen LogP contribution is -1.98. The van der Waals surface area contributed by atoms with Crippen LogP contribution in [0.25, 0.3) is 0 Å². The lowest BCUT2D eigenvalue weighted by molar-refractivity contribution is 0.778. The van der Waals surface area contributed by atoms with E-state index in [9.17, 15) is 0 Å². The Balaban J connectivity index is 2.36. The predicted molar refractivity (Wildman–Crippen MR) is 68.6 cm³/mol. The number of hydrogen-bond acceptors (Lipinski definition) is 3. The Kier molecular flexibility index (Phi) is 6.25. The van der Waals surface area contributed by atoms with Gasteiger partial charge in [-0.1, -0.05) is 19.8 Å². The fraction of sp³-hybridized carbons (Fsp3) is 0.583. The van der Waals surface area contributed by atoms with Crippen LogP contribution in [0.2, 0.25) is 0 Å². The summed E-state index contributed by atoms with van der Waals surface area (Å²) in [4.78, 5) is 5.57. The zero-order valence-corrected chi connectivity index (χ0v) is 10.4. The highest BCUT2D eigenvalue weighted by Gasteiger charge is 1.96. The number of nitrogens with zero attached hydrogens (tertiary/aromatic N) is 1. The lowest BCUT2D eigenvalue weighted by atomic mass is 10.3. The third-order valence-electron chi connectivity index (χ3n) is 2.11. The van der Waals surface area contributed by atoms with Gasteiger partial charge in [0.15, 0.2) is 0 Å². The average Bonchev–Trinajstić information content (AvgIpc) is 2.26. The molecule has 1 aromatic rings. The number of pyridine rings is 1. The summed E-state index contributed by atoms with van der Waals surface area (Å²) in [6.07, 6.45) is 5.80. The van der Waals surface area contributed by atoms with Gasteiger partial charge in [0.2, 0.25) is 0 Å². The molecule has 1 heterocycles. The molecule has 0 aliphatic rings. The third kappa shape index (κ3) is 5.07. The van der Waals surface area contributed by atoms with E-state index >= 15 is 0 Å². The molecule has 0 saturated carbocycles. The molecule has 0 fully saturated rings. The van der Waals surface area contributed by atoms with Gasteiger partial charge in [-0.25, -0.2) is 4.98 Å². The topological polar surface area (TPSA) is 24.9 Å². The van der Waals surface area contributed by atoms with Gasteiger partial charge in [-0.05, 0) is 31.2 Å². The van der Waals surface area contributed by atoms with Gasteiger partial charge in [0.1, 0.15) is 5.82 Å². The molecule has 3 heteroatoms. The van der Waals surface area contributed by atoms with Crippen LogP contribution in [0.3, 0.4) is 0 Å². The first-order chi connectivity index (χ1) is 7.36. The second-order valence-corrected chi connectivity index (χ2v) is 4.63. The summed E-state index contributed by atoms with van der Waals surface area (Å²) in [5.41, 5.74) is 0. The van der Waals surface area contributed by atoms with Gasteiger partial charge in [-0.15, -0.1) is 11.8 Å². The van der Waals surface area contributed by atoms with Crippen LogP contribution in [-0.2, 0) is 0 Å². The highest BCUT2D eigenvalue weighted by molar-refractivity contribution is 7.99. The van der Waals surface area contributed by atoms with Gasteiger partial charge in [0, 0.05) is 17.6 Å². The van der Waals surface area contributed by atoms with Crippen LogP contribution >= 0.6 is 11.8 Å². The SMILES string of the molecule is CCCCCSc1ccnc(NCC)c1. The van der Waals surface area contributed by atoms with Crippen LogP contribution in [0.4, 0.5) is 5.82 Å². The summed E-state index contributed by atoms with van der Waals surface area (Å²) in [5.74, 6) is 2.20. The lowest BCUT2D eigenvalue weighted by Gasteiger charge is -2.04. The van der Waals surface area contributed by atoms with E-state index in [1.165, 1.54) is 29.9 Å². The van der Waals surface area contributed by atoms with Gasteiger partial charge >= 0.3 is 0 Å². The smallest absolute Gasteiger partial charge is 0.126 e. The Morgan fingerprint density at radius 3 is 2.93 bits per heavy atom. The molecule has 15 heavy (non-hydrogen) atoms. The van der Waals surface area contributed by atoms with Gasteiger partial charge in [-0.2, -0.15) is 0 Å². The van der Waals surface area contributed by atoms with Crippen molar-refractivity contribution in [2.75, 3.05) is 17.6 Å². The molecule has 1 rings (SSSR count). The first-order valence-electron chi connectivity index (χ1n) is 5.69. The second kappa shape index (κ2) is 7.57. The molecule has 0 atom stereocenters. The van der Waals surface area contributed by atoms with Crippen molar-refractivity contribution >= 4 is 17.6 Å². The van der Waals surface area contributed by atoms with E-state index in [0.717, 1.165) is 12.4 Å². The summed E-state index contributed by atoms with van der Waals surface area (Å²) in [7, 11) is 0. The van der Waals surface area contributed by atoms with E-state index in [1.54, 1.807) is 0 Å². The maximum atomic E-state index is 4.25.